The molecule has 0 saturated heterocycles. The Bertz CT molecular complexity index is 621. The molecule has 1 heterocycles. The second kappa shape index (κ2) is 5.34. The summed E-state index contributed by atoms with van der Waals surface area (Å²) in [4.78, 5) is 0. The molecule has 0 atom stereocenters. The van der Waals surface area contributed by atoms with Crippen LogP contribution in [0.25, 0.3) is 5.69 Å². The van der Waals surface area contributed by atoms with Gasteiger partial charge in [0.05, 0.1) is 21.5 Å². The number of hydrogen-bond donors (Lipinski definition) is 1. The Balaban J connectivity index is 2.62. The molecule has 0 aliphatic rings. The molecule has 0 fully saturated rings. The van der Waals surface area contributed by atoms with Gasteiger partial charge in [-0.3, -0.25) is 0 Å². The van der Waals surface area contributed by atoms with Gasteiger partial charge in [0.1, 0.15) is 0 Å². The molecule has 1 aromatic carbocycles. The molecule has 3 nitrogen and oxygen atoms in total. The van der Waals surface area contributed by atoms with E-state index in [4.69, 9.17) is 10.8 Å². The average Bonchev–Trinajstić information content (AvgIpc) is 2.66. The molecule has 0 bridgehead atoms. The summed E-state index contributed by atoms with van der Waals surface area (Å²) >= 11 is 3.67. The van der Waals surface area contributed by atoms with Gasteiger partial charge in [-0.05, 0) is 60.0 Å². The van der Waals surface area contributed by atoms with Crippen molar-refractivity contribution in [3.63, 3.8) is 0 Å². The van der Waals surface area contributed by atoms with Gasteiger partial charge in [0.2, 0.25) is 0 Å². The normalized spacial score (nSPS) is 11.9. The second-order valence-corrected chi connectivity index (χ2v) is 6.89. The minimum absolute atomic E-state index is 0.145. The number of nitrogens with two attached hydrogens (primary N) is 1. The van der Waals surface area contributed by atoms with Crippen LogP contribution in [0.2, 0.25) is 0 Å². The molecule has 0 aliphatic heterocycles. The SMILES string of the molecule is Cc1cc(C)cc(-n2nc(C(C)(C)CN)c(Br)c2C)c1. The number of aromatic nitrogens is 2. The zero-order valence-electron chi connectivity index (χ0n) is 12.8. The summed E-state index contributed by atoms with van der Waals surface area (Å²) in [6.45, 7) is 11.1. The lowest BCUT2D eigenvalue weighted by atomic mass is 9.89. The van der Waals surface area contributed by atoms with Gasteiger partial charge in [0, 0.05) is 12.0 Å². The van der Waals surface area contributed by atoms with Crippen molar-refractivity contribution in [3.8, 4) is 5.69 Å². The van der Waals surface area contributed by atoms with Crippen LogP contribution in [0, 0.1) is 20.8 Å². The van der Waals surface area contributed by atoms with E-state index in [1.165, 1.54) is 11.1 Å². The molecule has 1 aromatic heterocycles. The van der Waals surface area contributed by atoms with Crippen molar-refractivity contribution in [1.29, 1.82) is 0 Å². The van der Waals surface area contributed by atoms with Crippen LogP contribution in [-0.4, -0.2) is 16.3 Å². The fraction of sp³-hybridized carbons (Fsp3) is 0.438. The van der Waals surface area contributed by atoms with Crippen molar-refractivity contribution >= 4 is 15.9 Å². The molecule has 0 amide bonds. The molecule has 108 valence electrons. The monoisotopic (exact) mass is 335 g/mol. The maximum absolute atomic E-state index is 5.88. The van der Waals surface area contributed by atoms with E-state index in [1.807, 2.05) is 4.68 Å². The highest BCUT2D eigenvalue weighted by molar-refractivity contribution is 9.10. The van der Waals surface area contributed by atoms with E-state index < -0.39 is 0 Å². The van der Waals surface area contributed by atoms with Crippen LogP contribution < -0.4 is 5.73 Å². The third kappa shape index (κ3) is 2.67. The summed E-state index contributed by atoms with van der Waals surface area (Å²) in [5.74, 6) is 0. The first-order valence-electron chi connectivity index (χ1n) is 6.80. The van der Waals surface area contributed by atoms with Crippen LogP contribution in [-0.2, 0) is 5.41 Å². The van der Waals surface area contributed by atoms with Crippen molar-refractivity contribution in [3.05, 3.63) is 45.2 Å². The summed E-state index contributed by atoms with van der Waals surface area (Å²) in [5.41, 5.74) is 11.4. The van der Waals surface area contributed by atoms with Crippen LogP contribution in [0.4, 0.5) is 0 Å². The third-order valence-electron chi connectivity index (χ3n) is 3.65. The standard InChI is InChI=1S/C16H22BrN3/c1-10-6-11(2)8-13(7-10)20-12(3)14(17)15(19-20)16(4,5)9-18/h6-8H,9,18H2,1-5H3. The number of rotatable bonds is 3. The first kappa shape index (κ1) is 15.3. The largest absolute Gasteiger partial charge is 0.330 e. The van der Waals surface area contributed by atoms with Crippen LogP contribution in [0.1, 0.15) is 36.4 Å². The van der Waals surface area contributed by atoms with Crippen molar-refractivity contribution in [2.24, 2.45) is 5.73 Å². The smallest absolute Gasteiger partial charge is 0.0842 e. The van der Waals surface area contributed by atoms with Gasteiger partial charge < -0.3 is 5.73 Å². The summed E-state index contributed by atoms with van der Waals surface area (Å²) in [6, 6.07) is 6.47. The predicted octanol–water partition coefficient (Wildman–Crippen LogP) is 3.80. The topological polar surface area (TPSA) is 43.8 Å². The predicted molar refractivity (Wildman–Crippen MR) is 87.6 cm³/mol. The van der Waals surface area contributed by atoms with Crippen LogP contribution in [0.3, 0.4) is 0 Å². The molecule has 0 radical (unpaired) electrons. The highest BCUT2D eigenvalue weighted by Gasteiger charge is 2.27. The quantitative estimate of drug-likeness (QED) is 0.927. The van der Waals surface area contributed by atoms with Gasteiger partial charge in [-0.1, -0.05) is 19.9 Å². The fourth-order valence-corrected chi connectivity index (χ4v) is 3.12. The molecular formula is C16H22BrN3. The van der Waals surface area contributed by atoms with Crippen molar-refractivity contribution < 1.29 is 0 Å². The minimum Gasteiger partial charge on any atom is -0.330 e. The van der Waals surface area contributed by atoms with E-state index in [9.17, 15) is 0 Å². The Morgan fingerprint density at radius 2 is 1.70 bits per heavy atom. The van der Waals surface area contributed by atoms with Gasteiger partial charge >= 0.3 is 0 Å². The maximum atomic E-state index is 5.88. The Kier molecular flexibility index (Phi) is 4.07. The first-order valence-corrected chi connectivity index (χ1v) is 7.60. The van der Waals surface area contributed by atoms with Crippen molar-refractivity contribution in [2.75, 3.05) is 6.54 Å². The van der Waals surface area contributed by atoms with E-state index in [2.05, 4.69) is 68.7 Å². The van der Waals surface area contributed by atoms with Crippen molar-refractivity contribution in [1.82, 2.24) is 9.78 Å². The van der Waals surface area contributed by atoms with E-state index in [-0.39, 0.29) is 5.41 Å². The van der Waals surface area contributed by atoms with Gasteiger partial charge in [0.15, 0.2) is 0 Å². The first-order chi connectivity index (χ1) is 9.26. The third-order valence-corrected chi connectivity index (χ3v) is 4.60. The Hall–Kier alpha value is -1.13. The van der Waals surface area contributed by atoms with E-state index in [0.717, 1.165) is 21.5 Å². The number of halogens is 1. The molecule has 0 unspecified atom stereocenters. The summed E-state index contributed by atoms with van der Waals surface area (Å²) in [7, 11) is 0. The Morgan fingerprint density at radius 1 is 1.15 bits per heavy atom. The van der Waals surface area contributed by atoms with Crippen LogP contribution in [0.15, 0.2) is 22.7 Å². The molecule has 20 heavy (non-hydrogen) atoms. The highest BCUT2D eigenvalue weighted by atomic mass is 79.9. The number of nitrogens with zero attached hydrogens (tertiary/aromatic N) is 2. The van der Waals surface area contributed by atoms with Crippen molar-refractivity contribution in [2.45, 2.75) is 40.0 Å². The number of benzene rings is 1. The molecular weight excluding hydrogens is 314 g/mol. The van der Waals surface area contributed by atoms with E-state index in [0.29, 0.717) is 6.54 Å². The molecule has 2 rings (SSSR count). The Labute approximate surface area is 129 Å². The summed E-state index contributed by atoms with van der Waals surface area (Å²) in [5, 5.41) is 4.79. The van der Waals surface area contributed by atoms with Gasteiger partial charge in [-0.15, -0.1) is 0 Å². The lowest BCUT2D eigenvalue weighted by Crippen LogP contribution is -2.29. The second-order valence-electron chi connectivity index (χ2n) is 6.09. The van der Waals surface area contributed by atoms with E-state index >= 15 is 0 Å². The molecule has 0 spiro atoms. The van der Waals surface area contributed by atoms with E-state index in [1.54, 1.807) is 0 Å². The maximum Gasteiger partial charge on any atom is 0.0842 e. The number of aryl methyl sites for hydroxylation is 2. The lowest BCUT2D eigenvalue weighted by Gasteiger charge is -2.20. The zero-order chi connectivity index (χ0) is 15.1. The molecule has 2 N–H and O–H groups in total. The van der Waals surface area contributed by atoms with Crippen LogP contribution in [0.5, 0.6) is 0 Å². The fourth-order valence-electron chi connectivity index (χ4n) is 2.34. The lowest BCUT2D eigenvalue weighted by molar-refractivity contribution is 0.513. The summed E-state index contributed by atoms with van der Waals surface area (Å²) in [6.07, 6.45) is 0. The molecule has 2 aromatic rings. The van der Waals surface area contributed by atoms with Gasteiger partial charge in [-0.2, -0.15) is 5.10 Å². The minimum atomic E-state index is -0.145. The number of hydrogen-bond acceptors (Lipinski definition) is 2. The molecule has 0 saturated carbocycles. The van der Waals surface area contributed by atoms with Gasteiger partial charge in [0.25, 0.3) is 0 Å². The average molecular weight is 336 g/mol. The van der Waals surface area contributed by atoms with Gasteiger partial charge in [-0.25, -0.2) is 4.68 Å². The van der Waals surface area contributed by atoms with Crippen LogP contribution >= 0.6 is 15.9 Å². The highest BCUT2D eigenvalue weighted by Crippen LogP contribution is 2.32. The Morgan fingerprint density at radius 3 is 2.20 bits per heavy atom. The molecule has 4 heteroatoms. The zero-order valence-corrected chi connectivity index (χ0v) is 14.4. The molecule has 0 aliphatic carbocycles. The summed E-state index contributed by atoms with van der Waals surface area (Å²) < 4.78 is 3.05.